The molecule has 1 aliphatic rings. The Morgan fingerprint density at radius 3 is 2.12 bits per heavy atom. The maximum atomic E-state index is 9.76. The molecule has 1 fully saturated rings. The Kier molecular flexibility index (Phi) is 2.50. The van der Waals surface area contributed by atoms with Crippen LogP contribution in [0.1, 0.15) is 36.5 Å². The monoisotopic (exact) mass is 219 g/mol. The second-order valence-electron chi connectivity index (χ2n) is 5.64. The van der Waals surface area contributed by atoms with Crippen molar-refractivity contribution in [1.82, 2.24) is 0 Å². The van der Waals surface area contributed by atoms with E-state index in [-0.39, 0.29) is 0 Å². The van der Waals surface area contributed by atoms with E-state index in [9.17, 15) is 5.11 Å². The van der Waals surface area contributed by atoms with Crippen LogP contribution in [0.25, 0.3) is 0 Å². The number of nitrogens with two attached hydrogens (primary N) is 1. The molecule has 3 N–H and O–H groups in total. The summed E-state index contributed by atoms with van der Waals surface area (Å²) in [6.07, 6.45) is 0. The third-order valence-electron chi connectivity index (χ3n) is 4.18. The molecule has 0 aliphatic heterocycles. The van der Waals surface area contributed by atoms with Crippen molar-refractivity contribution in [3.8, 4) is 5.75 Å². The lowest BCUT2D eigenvalue weighted by molar-refractivity contribution is 0.466. The summed E-state index contributed by atoms with van der Waals surface area (Å²) in [5.41, 5.74) is 9.36. The highest BCUT2D eigenvalue weighted by molar-refractivity contribution is 5.46. The van der Waals surface area contributed by atoms with Gasteiger partial charge >= 0.3 is 0 Å². The van der Waals surface area contributed by atoms with Gasteiger partial charge in [-0.3, -0.25) is 0 Å². The van der Waals surface area contributed by atoms with E-state index in [0.29, 0.717) is 23.0 Å². The molecule has 1 saturated carbocycles. The molecule has 0 heterocycles. The number of benzene rings is 1. The molecule has 88 valence electrons. The molecule has 1 aromatic carbocycles. The van der Waals surface area contributed by atoms with E-state index in [0.717, 1.165) is 17.7 Å². The zero-order valence-electron chi connectivity index (χ0n) is 10.5. The summed E-state index contributed by atoms with van der Waals surface area (Å²) < 4.78 is 0. The van der Waals surface area contributed by atoms with Gasteiger partial charge in [-0.25, -0.2) is 0 Å². The summed E-state index contributed by atoms with van der Waals surface area (Å²) in [6, 6.07) is 4.20. The van der Waals surface area contributed by atoms with Crippen LogP contribution >= 0.6 is 0 Å². The second kappa shape index (κ2) is 3.49. The Bertz CT molecular complexity index is 400. The molecular weight excluding hydrogens is 198 g/mol. The summed E-state index contributed by atoms with van der Waals surface area (Å²) in [4.78, 5) is 0. The van der Waals surface area contributed by atoms with Gasteiger partial charge in [-0.15, -0.1) is 0 Å². The number of phenolic OH excluding ortho intramolecular Hbond substituents is 1. The van der Waals surface area contributed by atoms with Crippen LogP contribution in [0.15, 0.2) is 12.1 Å². The van der Waals surface area contributed by atoms with Crippen molar-refractivity contribution in [2.45, 2.75) is 33.6 Å². The van der Waals surface area contributed by atoms with E-state index in [2.05, 4.69) is 26.0 Å². The van der Waals surface area contributed by atoms with Crippen LogP contribution in [0.2, 0.25) is 0 Å². The maximum Gasteiger partial charge on any atom is 0.121 e. The molecule has 0 saturated heterocycles. The molecule has 1 aromatic rings. The summed E-state index contributed by atoms with van der Waals surface area (Å²) >= 11 is 0. The van der Waals surface area contributed by atoms with Crippen LogP contribution in [0.3, 0.4) is 0 Å². The van der Waals surface area contributed by atoms with Crippen molar-refractivity contribution < 1.29 is 5.11 Å². The SMILES string of the molecule is Cc1cc([C@H]2[C@H](CN)C2(C)C)cc(C)c1O. The molecule has 16 heavy (non-hydrogen) atoms. The van der Waals surface area contributed by atoms with E-state index in [1.807, 2.05) is 13.8 Å². The number of hydrogen-bond donors (Lipinski definition) is 2. The van der Waals surface area contributed by atoms with Crippen LogP contribution in [-0.2, 0) is 0 Å². The Balaban J connectivity index is 2.37. The zero-order valence-corrected chi connectivity index (χ0v) is 10.5. The Labute approximate surface area is 97.5 Å². The van der Waals surface area contributed by atoms with Crippen LogP contribution in [0, 0.1) is 25.2 Å². The third kappa shape index (κ3) is 1.52. The molecule has 2 rings (SSSR count). The Morgan fingerprint density at radius 2 is 1.75 bits per heavy atom. The molecular formula is C14H21NO. The number of rotatable bonds is 2. The van der Waals surface area contributed by atoms with Crippen LogP contribution < -0.4 is 5.73 Å². The fourth-order valence-corrected chi connectivity index (χ4v) is 3.01. The van der Waals surface area contributed by atoms with Gasteiger partial charge in [0.05, 0.1) is 0 Å². The van der Waals surface area contributed by atoms with Crippen molar-refractivity contribution >= 4 is 0 Å². The minimum Gasteiger partial charge on any atom is -0.507 e. The first-order valence-corrected chi connectivity index (χ1v) is 5.89. The lowest BCUT2D eigenvalue weighted by Gasteiger charge is -2.09. The van der Waals surface area contributed by atoms with Gasteiger partial charge in [-0.05, 0) is 54.3 Å². The fraction of sp³-hybridized carbons (Fsp3) is 0.571. The average Bonchev–Trinajstić information content (AvgIpc) is 2.76. The number of phenols is 1. The highest BCUT2D eigenvalue weighted by Crippen LogP contribution is 2.64. The lowest BCUT2D eigenvalue weighted by Crippen LogP contribution is -2.05. The predicted molar refractivity (Wildman–Crippen MR) is 66.6 cm³/mol. The highest BCUT2D eigenvalue weighted by Gasteiger charge is 2.57. The third-order valence-corrected chi connectivity index (χ3v) is 4.18. The van der Waals surface area contributed by atoms with E-state index in [1.165, 1.54) is 5.56 Å². The quantitative estimate of drug-likeness (QED) is 0.803. The number of aromatic hydroxyl groups is 1. The van der Waals surface area contributed by atoms with Gasteiger partial charge in [0.1, 0.15) is 5.75 Å². The molecule has 2 heteroatoms. The largest absolute Gasteiger partial charge is 0.507 e. The summed E-state index contributed by atoms with van der Waals surface area (Å²) in [5.74, 6) is 1.55. The fourth-order valence-electron chi connectivity index (χ4n) is 3.01. The first kappa shape index (κ1) is 11.5. The molecule has 0 radical (unpaired) electrons. The first-order chi connectivity index (χ1) is 7.39. The minimum atomic E-state index is 0.310. The van der Waals surface area contributed by atoms with E-state index in [1.54, 1.807) is 0 Å². The Hall–Kier alpha value is -1.02. The topological polar surface area (TPSA) is 46.2 Å². The van der Waals surface area contributed by atoms with Crippen molar-refractivity contribution in [2.75, 3.05) is 6.54 Å². The van der Waals surface area contributed by atoms with Crippen molar-refractivity contribution in [1.29, 1.82) is 0 Å². The normalized spacial score (nSPS) is 26.8. The smallest absolute Gasteiger partial charge is 0.121 e. The van der Waals surface area contributed by atoms with Crippen LogP contribution in [0.5, 0.6) is 5.75 Å². The van der Waals surface area contributed by atoms with Crippen molar-refractivity contribution in [3.05, 3.63) is 28.8 Å². The average molecular weight is 219 g/mol. The molecule has 2 atom stereocenters. The van der Waals surface area contributed by atoms with Gasteiger partial charge < -0.3 is 10.8 Å². The molecule has 0 aromatic heterocycles. The molecule has 1 aliphatic carbocycles. The summed E-state index contributed by atoms with van der Waals surface area (Å²) in [5, 5.41) is 9.76. The standard InChI is InChI=1S/C14H21NO/c1-8-5-10(6-9(2)13(8)16)12-11(7-15)14(12,3)4/h5-6,11-12,16H,7,15H2,1-4H3/t11-,12-/m0/s1. The van der Waals surface area contributed by atoms with Crippen molar-refractivity contribution in [2.24, 2.45) is 17.1 Å². The number of hydrogen-bond acceptors (Lipinski definition) is 2. The summed E-state index contributed by atoms with van der Waals surface area (Å²) in [6.45, 7) is 9.20. The molecule has 0 bridgehead atoms. The molecule has 0 amide bonds. The van der Waals surface area contributed by atoms with Gasteiger partial charge in [-0.1, -0.05) is 26.0 Å². The van der Waals surface area contributed by atoms with E-state index < -0.39 is 0 Å². The van der Waals surface area contributed by atoms with E-state index >= 15 is 0 Å². The highest BCUT2D eigenvalue weighted by atomic mass is 16.3. The van der Waals surface area contributed by atoms with Gasteiger partial charge in [0.15, 0.2) is 0 Å². The molecule has 0 unspecified atom stereocenters. The zero-order chi connectivity index (χ0) is 12.1. The molecule has 0 spiro atoms. The maximum absolute atomic E-state index is 9.76. The first-order valence-electron chi connectivity index (χ1n) is 5.89. The van der Waals surface area contributed by atoms with Gasteiger partial charge in [0, 0.05) is 0 Å². The van der Waals surface area contributed by atoms with Gasteiger partial charge in [-0.2, -0.15) is 0 Å². The minimum absolute atomic E-state index is 0.310. The Morgan fingerprint density at radius 1 is 1.25 bits per heavy atom. The van der Waals surface area contributed by atoms with Crippen LogP contribution in [-0.4, -0.2) is 11.7 Å². The van der Waals surface area contributed by atoms with Crippen LogP contribution in [0.4, 0.5) is 0 Å². The predicted octanol–water partition coefficient (Wildman–Crippen LogP) is 2.71. The van der Waals surface area contributed by atoms with Gasteiger partial charge in [0.25, 0.3) is 0 Å². The van der Waals surface area contributed by atoms with Crippen molar-refractivity contribution in [3.63, 3.8) is 0 Å². The number of aryl methyl sites for hydroxylation is 2. The lowest BCUT2D eigenvalue weighted by atomic mass is 9.98. The molecule has 2 nitrogen and oxygen atoms in total. The van der Waals surface area contributed by atoms with E-state index in [4.69, 9.17) is 5.73 Å². The second-order valence-corrected chi connectivity index (χ2v) is 5.64. The summed E-state index contributed by atoms with van der Waals surface area (Å²) in [7, 11) is 0. The van der Waals surface area contributed by atoms with Gasteiger partial charge in [0.2, 0.25) is 0 Å².